The molecule has 0 spiro atoms. The van der Waals surface area contributed by atoms with E-state index in [-0.39, 0.29) is 11.7 Å². The van der Waals surface area contributed by atoms with Gasteiger partial charge in [0.05, 0.1) is 20.9 Å². The van der Waals surface area contributed by atoms with Gasteiger partial charge in [0, 0.05) is 0 Å². The minimum Gasteiger partial charge on any atom is -0.494 e. The fourth-order valence-electron chi connectivity index (χ4n) is 1.69. The maximum absolute atomic E-state index is 12.0. The number of halogens is 1. The quantitative estimate of drug-likeness (QED) is 0.926. The van der Waals surface area contributed by atoms with Crippen LogP contribution in [-0.2, 0) is 14.3 Å². The molecule has 1 aromatic carbocycles. The van der Waals surface area contributed by atoms with Crippen molar-refractivity contribution in [3.63, 3.8) is 0 Å². The molecule has 3 rings (SSSR count). The van der Waals surface area contributed by atoms with Gasteiger partial charge in [-0.05, 0) is 12.1 Å². The van der Waals surface area contributed by atoms with E-state index in [2.05, 4.69) is 10.3 Å². The lowest BCUT2D eigenvalue weighted by Gasteiger charge is -2.15. The molecule has 5 nitrogen and oxygen atoms in total. The third kappa shape index (κ3) is 2.36. The summed E-state index contributed by atoms with van der Waals surface area (Å²) in [7, 11) is 0. The van der Waals surface area contributed by atoms with Crippen LogP contribution in [0, 0.1) is 0 Å². The van der Waals surface area contributed by atoms with Crippen molar-refractivity contribution in [3.8, 4) is 0 Å². The Labute approximate surface area is 117 Å². The average Bonchev–Trinajstić information content (AvgIpc) is 2.93. The average molecular weight is 297 g/mol. The smallest absolute Gasteiger partial charge is 0.294 e. The van der Waals surface area contributed by atoms with E-state index >= 15 is 0 Å². The molecule has 0 saturated carbocycles. The lowest BCUT2D eigenvalue weighted by molar-refractivity contribution is -0.117. The van der Waals surface area contributed by atoms with E-state index in [9.17, 15) is 4.79 Å². The minimum atomic E-state index is -0.350. The molecular formula is C12H9ClN2O3S. The highest BCUT2D eigenvalue weighted by Gasteiger charge is 2.17. The molecule has 0 aliphatic carbocycles. The van der Waals surface area contributed by atoms with Crippen LogP contribution < -0.4 is 5.32 Å². The van der Waals surface area contributed by atoms with Gasteiger partial charge in [0.15, 0.2) is 0 Å². The van der Waals surface area contributed by atoms with E-state index in [1.807, 2.05) is 0 Å². The third-order valence-electron chi connectivity index (χ3n) is 2.56. The van der Waals surface area contributed by atoms with Crippen LogP contribution in [0.1, 0.15) is 0 Å². The zero-order valence-corrected chi connectivity index (χ0v) is 11.3. The highest BCUT2D eigenvalue weighted by molar-refractivity contribution is 7.17. The second-order valence-corrected chi connectivity index (χ2v) is 5.04. The van der Waals surface area contributed by atoms with Crippen LogP contribution >= 0.6 is 22.9 Å². The van der Waals surface area contributed by atoms with Crippen molar-refractivity contribution in [2.45, 2.75) is 0 Å². The standard InChI is InChI=1S/C12H9ClN2O3S/c13-7-1-2-8(11-10(7)14-6-19-11)15-12(16)9-5-17-3-4-18-9/h1-2,5-6H,3-4H2,(H,15,16). The second kappa shape index (κ2) is 5.07. The predicted octanol–water partition coefficient (Wildman–Crippen LogP) is 2.78. The SMILES string of the molecule is O=C(Nc1ccc(Cl)c2ncsc12)C1=COCCO1. The van der Waals surface area contributed by atoms with Gasteiger partial charge in [-0.2, -0.15) is 0 Å². The summed E-state index contributed by atoms with van der Waals surface area (Å²) in [4.78, 5) is 16.1. The van der Waals surface area contributed by atoms with Crippen molar-refractivity contribution >= 4 is 44.7 Å². The molecule has 1 aliphatic rings. The van der Waals surface area contributed by atoms with Gasteiger partial charge in [0.2, 0.25) is 5.76 Å². The van der Waals surface area contributed by atoms with Gasteiger partial charge in [-0.3, -0.25) is 4.79 Å². The van der Waals surface area contributed by atoms with Crippen LogP contribution in [-0.4, -0.2) is 24.1 Å². The summed E-state index contributed by atoms with van der Waals surface area (Å²) >= 11 is 7.45. The number of thiazole rings is 1. The van der Waals surface area contributed by atoms with Crippen LogP contribution in [0.3, 0.4) is 0 Å². The lowest BCUT2D eigenvalue weighted by Crippen LogP contribution is -2.21. The number of nitrogens with zero attached hydrogens (tertiary/aromatic N) is 1. The van der Waals surface area contributed by atoms with Crippen molar-refractivity contribution in [1.29, 1.82) is 0 Å². The fourth-order valence-corrected chi connectivity index (χ4v) is 2.73. The number of hydrogen-bond acceptors (Lipinski definition) is 5. The molecule has 2 aromatic rings. The van der Waals surface area contributed by atoms with Crippen LogP contribution in [0.2, 0.25) is 5.02 Å². The molecule has 19 heavy (non-hydrogen) atoms. The summed E-state index contributed by atoms with van der Waals surface area (Å²) < 4.78 is 11.1. The van der Waals surface area contributed by atoms with Crippen molar-refractivity contribution in [2.24, 2.45) is 0 Å². The number of nitrogens with one attached hydrogen (secondary N) is 1. The number of aromatic nitrogens is 1. The molecule has 0 fully saturated rings. The van der Waals surface area contributed by atoms with Gasteiger partial charge in [0.1, 0.15) is 25.0 Å². The number of hydrogen-bond donors (Lipinski definition) is 1. The zero-order chi connectivity index (χ0) is 13.2. The van der Waals surface area contributed by atoms with Crippen LogP contribution in [0.15, 0.2) is 29.7 Å². The number of amides is 1. The van der Waals surface area contributed by atoms with Crippen LogP contribution in [0.5, 0.6) is 0 Å². The van der Waals surface area contributed by atoms with Crippen molar-refractivity contribution in [3.05, 3.63) is 34.7 Å². The van der Waals surface area contributed by atoms with E-state index in [1.54, 1.807) is 17.6 Å². The van der Waals surface area contributed by atoms with E-state index in [4.69, 9.17) is 21.1 Å². The molecule has 0 unspecified atom stereocenters. The zero-order valence-electron chi connectivity index (χ0n) is 9.68. The molecule has 0 bridgehead atoms. The Morgan fingerprint density at radius 1 is 1.42 bits per heavy atom. The number of carbonyl (C=O) groups excluding carboxylic acids is 1. The summed E-state index contributed by atoms with van der Waals surface area (Å²) in [6.45, 7) is 0.826. The van der Waals surface area contributed by atoms with Crippen molar-refractivity contribution in [2.75, 3.05) is 18.5 Å². The Bertz CT molecular complexity index is 668. The molecular weight excluding hydrogens is 288 g/mol. The minimum absolute atomic E-state index is 0.166. The monoisotopic (exact) mass is 296 g/mol. The first-order valence-corrected chi connectivity index (χ1v) is 6.79. The van der Waals surface area contributed by atoms with Crippen LogP contribution in [0.25, 0.3) is 10.2 Å². The normalized spacial score (nSPS) is 14.5. The molecule has 1 amide bonds. The highest BCUT2D eigenvalue weighted by Crippen LogP contribution is 2.32. The Balaban J connectivity index is 1.89. The summed E-state index contributed by atoms with van der Waals surface area (Å²) in [5.41, 5.74) is 3.02. The van der Waals surface area contributed by atoms with Crippen molar-refractivity contribution in [1.82, 2.24) is 4.98 Å². The van der Waals surface area contributed by atoms with Gasteiger partial charge >= 0.3 is 0 Å². The first kappa shape index (κ1) is 12.3. The largest absolute Gasteiger partial charge is 0.494 e. The Morgan fingerprint density at radius 2 is 2.32 bits per heavy atom. The number of carbonyl (C=O) groups is 1. The first-order valence-electron chi connectivity index (χ1n) is 5.53. The molecule has 2 heterocycles. The predicted molar refractivity (Wildman–Crippen MR) is 73.2 cm³/mol. The number of anilines is 1. The Morgan fingerprint density at radius 3 is 3.11 bits per heavy atom. The first-order chi connectivity index (χ1) is 9.25. The Kier molecular flexibility index (Phi) is 3.27. The number of ether oxygens (including phenoxy) is 2. The molecule has 7 heteroatoms. The Hall–Kier alpha value is -1.79. The van der Waals surface area contributed by atoms with Gasteiger partial charge in [-0.15, -0.1) is 11.3 Å². The maximum Gasteiger partial charge on any atom is 0.294 e. The number of rotatable bonds is 2. The van der Waals surface area contributed by atoms with Gasteiger partial charge in [-0.25, -0.2) is 4.98 Å². The molecule has 1 N–H and O–H groups in total. The van der Waals surface area contributed by atoms with Crippen LogP contribution in [0.4, 0.5) is 5.69 Å². The molecule has 98 valence electrons. The molecule has 0 radical (unpaired) electrons. The molecule has 0 saturated heterocycles. The second-order valence-electron chi connectivity index (χ2n) is 3.78. The lowest BCUT2D eigenvalue weighted by atomic mass is 10.3. The number of fused-ring (bicyclic) bond motifs is 1. The maximum atomic E-state index is 12.0. The summed E-state index contributed by atoms with van der Waals surface area (Å²) in [6.07, 6.45) is 1.32. The summed E-state index contributed by atoms with van der Waals surface area (Å²) in [5, 5.41) is 3.33. The molecule has 1 aromatic heterocycles. The van der Waals surface area contributed by atoms with Gasteiger partial charge < -0.3 is 14.8 Å². The fraction of sp³-hybridized carbons (Fsp3) is 0.167. The summed E-state index contributed by atoms with van der Waals surface area (Å²) in [5.74, 6) is -0.185. The van der Waals surface area contributed by atoms with Crippen molar-refractivity contribution < 1.29 is 14.3 Å². The van der Waals surface area contributed by atoms with Gasteiger partial charge in [-0.1, -0.05) is 11.6 Å². The topological polar surface area (TPSA) is 60.5 Å². The van der Waals surface area contributed by atoms with E-state index in [1.165, 1.54) is 17.6 Å². The molecule has 1 aliphatic heterocycles. The van der Waals surface area contributed by atoms with Gasteiger partial charge in [0.25, 0.3) is 5.91 Å². The third-order valence-corrected chi connectivity index (χ3v) is 3.72. The van der Waals surface area contributed by atoms with E-state index in [0.29, 0.717) is 29.4 Å². The molecule has 0 atom stereocenters. The summed E-state index contributed by atoms with van der Waals surface area (Å²) in [6, 6.07) is 3.44. The van der Waals surface area contributed by atoms with E-state index in [0.717, 1.165) is 4.70 Å². The van der Waals surface area contributed by atoms with E-state index < -0.39 is 0 Å². The number of benzene rings is 1. The highest BCUT2D eigenvalue weighted by atomic mass is 35.5.